The minimum atomic E-state index is 0.297. The summed E-state index contributed by atoms with van der Waals surface area (Å²) in [5.74, 6) is 0.857. The van der Waals surface area contributed by atoms with Gasteiger partial charge in [0.15, 0.2) is 0 Å². The van der Waals surface area contributed by atoms with Crippen molar-refractivity contribution in [2.24, 2.45) is 0 Å². The molecule has 1 aromatic heterocycles. The molecule has 0 amide bonds. The molecule has 2 heterocycles. The summed E-state index contributed by atoms with van der Waals surface area (Å²) in [6.07, 6.45) is 0. The van der Waals surface area contributed by atoms with Gasteiger partial charge in [0.05, 0.1) is 10.7 Å². The van der Waals surface area contributed by atoms with Crippen LogP contribution < -0.4 is 5.32 Å². The molecule has 16 heavy (non-hydrogen) atoms. The first kappa shape index (κ1) is 9.81. The topological polar surface area (TPSA) is 45.1 Å². The van der Waals surface area contributed by atoms with Crippen molar-refractivity contribution in [3.8, 4) is 17.0 Å². The van der Waals surface area contributed by atoms with Crippen LogP contribution in [-0.4, -0.2) is 23.2 Å². The van der Waals surface area contributed by atoms with E-state index < -0.39 is 0 Å². The van der Waals surface area contributed by atoms with Crippen molar-refractivity contribution in [1.82, 2.24) is 10.3 Å². The predicted molar refractivity (Wildman–Crippen MR) is 64.8 cm³/mol. The highest BCUT2D eigenvalue weighted by Crippen LogP contribution is 2.32. The van der Waals surface area contributed by atoms with Crippen molar-refractivity contribution in [2.45, 2.75) is 5.92 Å². The molecule has 1 aliphatic heterocycles. The molecule has 0 bridgehead atoms. The lowest BCUT2D eigenvalue weighted by molar-refractivity contribution is 0.447. The van der Waals surface area contributed by atoms with Gasteiger partial charge in [-0.1, -0.05) is 12.1 Å². The minimum Gasteiger partial charge on any atom is -0.507 e. The summed E-state index contributed by atoms with van der Waals surface area (Å²) in [5.41, 5.74) is 1.70. The van der Waals surface area contributed by atoms with E-state index in [9.17, 15) is 5.11 Å². The molecule has 82 valence electrons. The number of hydrogen-bond acceptors (Lipinski definition) is 4. The smallest absolute Gasteiger partial charge is 0.125 e. The minimum absolute atomic E-state index is 0.297. The van der Waals surface area contributed by atoms with Crippen LogP contribution in [0.25, 0.3) is 11.3 Å². The number of para-hydroxylation sites is 1. The van der Waals surface area contributed by atoms with Crippen LogP contribution in [0.3, 0.4) is 0 Å². The van der Waals surface area contributed by atoms with E-state index in [4.69, 9.17) is 0 Å². The van der Waals surface area contributed by atoms with Gasteiger partial charge in [-0.25, -0.2) is 4.98 Å². The molecule has 1 aromatic carbocycles. The lowest BCUT2D eigenvalue weighted by Gasteiger charge is -2.24. The third kappa shape index (κ3) is 1.60. The Morgan fingerprint density at radius 2 is 2.12 bits per heavy atom. The van der Waals surface area contributed by atoms with Gasteiger partial charge in [-0.2, -0.15) is 0 Å². The van der Waals surface area contributed by atoms with E-state index in [1.165, 1.54) is 0 Å². The highest BCUT2D eigenvalue weighted by molar-refractivity contribution is 7.10. The summed E-state index contributed by atoms with van der Waals surface area (Å²) < 4.78 is 0. The maximum Gasteiger partial charge on any atom is 0.125 e. The van der Waals surface area contributed by atoms with Crippen molar-refractivity contribution < 1.29 is 5.11 Å². The number of phenols is 1. The molecule has 4 heteroatoms. The second-order valence-corrected chi connectivity index (χ2v) is 4.83. The lowest BCUT2D eigenvalue weighted by atomic mass is 10.1. The second kappa shape index (κ2) is 3.88. The van der Waals surface area contributed by atoms with Crippen molar-refractivity contribution in [3.63, 3.8) is 0 Å². The summed E-state index contributed by atoms with van der Waals surface area (Å²) in [6, 6.07) is 7.33. The first-order valence-corrected chi connectivity index (χ1v) is 6.17. The third-order valence-corrected chi connectivity index (χ3v) is 3.84. The summed E-state index contributed by atoms with van der Waals surface area (Å²) in [5, 5.41) is 16.2. The van der Waals surface area contributed by atoms with Crippen molar-refractivity contribution >= 4 is 11.3 Å². The van der Waals surface area contributed by atoms with Gasteiger partial charge in [0.25, 0.3) is 0 Å². The Bertz CT molecular complexity index is 505. The van der Waals surface area contributed by atoms with Crippen LogP contribution in [0.5, 0.6) is 5.75 Å². The fourth-order valence-corrected chi connectivity index (χ4v) is 2.67. The number of thiazole rings is 1. The zero-order chi connectivity index (χ0) is 11.0. The Kier molecular flexibility index (Phi) is 2.38. The highest BCUT2D eigenvalue weighted by atomic mass is 32.1. The molecule has 1 saturated heterocycles. The van der Waals surface area contributed by atoms with E-state index in [1.807, 2.05) is 23.6 Å². The molecule has 0 spiro atoms. The second-order valence-electron chi connectivity index (χ2n) is 3.94. The molecule has 0 unspecified atom stereocenters. The molecule has 3 nitrogen and oxygen atoms in total. The number of hydrogen-bond donors (Lipinski definition) is 2. The van der Waals surface area contributed by atoms with Crippen LogP contribution in [0.4, 0.5) is 0 Å². The summed E-state index contributed by atoms with van der Waals surface area (Å²) in [6.45, 7) is 2.04. The number of nitrogens with one attached hydrogen (secondary N) is 1. The van der Waals surface area contributed by atoms with Crippen LogP contribution >= 0.6 is 11.3 Å². The number of rotatable bonds is 2. The molecule has 3 rings (SSSR count). The molecule has 1 aliphatic rings. The van der Waals surface area contributed by atoms with Gasteiger partial charge in [-0.15, -0.1) is 11.3 Å². The van der Waals surface area contributed by atoms with Crippen molar-refractivity contribution in [1.29, 1.82) is 0 Å². The number of benzene rings is 1. The number of aromatic hydroxyl groups is 1. The van der Waals surface area contributed by atoms with Crippen LogP contribution in [-0.2, 0) is 0 Å². The largest absolute Gasteiger partial charge is 0.507 e. The van der Waals surface area contributed by atoms with Gasteiger partial charge in [-0.05, 0) is 12.1 Å². The quantitative estimate of drug-likeness (QED) is 0.834. The molecule has 2 N–H and O–H groups in total. The molecular weight excluding hydrogens is 220 g/mol. The molecule has 0 aliphatic carbocycles. The maximum absolute atomic E-state index is 9.74. The summed E-state index contributed by atoms with van der Waals surface area (Å²) in [4.78, 5) is 4.58. The molecule has 2 aromatic rings. The van der Waals surface area contributed by atoms with E-state index in [2.05, 4.69) is 10.3 Å². The Morgan fingerprint density at radius 3 is 2.81 bits per heavy atom. The van der Waals surface area contributed by atoms with Crippen molar-refractivity contribution in [2.75, 3.05) is 13.1 Å². The van der Waals surface area contributed by atoms with Gasteiger partial charge >= 0.3 is 0 Å². The average Bonchev–Trinajstić information content (AvgIpc) is 2.65. The Hall–Kier alpha value is -1.39. The SMILES string of the molecule is Oc1ccccc1-c1csc(C2CNC2)n1. The van der Waals surface area contributed by atoms with Gasteiger partial charge in [0.1, 0.15) is 5.75 Å². The predicted octanol–water partition coefficient (Wildman–Crippen LogP) is 2.20. The van der Waals surface area contributed by atoms with Crippen LogP contribution in [0, 0.1) is 0 Å². The third-order valence-electron chi connectivity index (χ3n) is 2.83. The zero-order valence-electron chi connectivity index (χ0n) is 8.68. The summed E-state index contributed by atoms with van der Waals surface area (Å²) in [7, 11) is 0. The molecular formula is C12H12N2OS. The van der Waals surface area contributed by atoms with Gasteiger partial charge in [0.2, 0.25) is 0 Å². The van der Waals surface area contributed by atoms with Gasteiger partial charge in [-0.3, -0.25) is 0 Å². The molecule has 0 radical (unpaired) electrons. The van der Waals surface area contributed by atoms with Crippen LogP contribution in [0.15, 0.2) is 29.6 Å². The Labute approximate surface area is 97.8 Å². The van der Waals surface area contributed by atoms with Gasteiger partial charge < -0.3 is 10.4 Å². The number of aromatic nitrogens is 1. The fourth-order valence-electron chi connectivity index (χ4n) is 1.75. The van der Waals surface area contributed by atoms with E-state index in [-0.39, 0.29) is 0 Å². The van der Waals surface area contributed by atoms with E-state index >= 15 is 0 Å². The fraction of sp³-hybridized carbons (Fsp3) is 0.250. The van der Waals surface area contributed by atoms with E-state index in [0.717, 1.165) is 29.4 Å². The molecule has 0 atom stereocenters. The first-order chi connectivity index (χ1) is 7.84. The standard InChI is InChI=1S/C12H12N2OS/c15-11-4-2-1-3-9(11)10-7-16-12(14-10)8-5-13-6-8/h1-4,7-8,13,15H,5-6H2. The maximum atomic E-state index is 9.74. The first-order valence-electron chi connectivity index (χ1n) is 5.29. The number of phenolic OH excluding ortho intramolecular Hbond substituents is 1. The Balaban J connectivity index is 1.95. The highest BCUT2D eigenvalue weighted by Gasteiger charge is 2.22. The average molecular weight is 232 g/mol. The monoisotopic (exact) mass is 232 g/mol. The lowest BCUT2D eigenvalue weighted by Crippen LogP contribution is -2.39. The van der Waals surface area contributed by atoms with Crippen LogP contribution in [0.2, 0.25) is 0 Å². The van der Waals surface area contributed by atoms with E-state index in [0.29, 0.717) is 11.7 Å². The molecule has 1 fully saturated rings. The van der Waals surface area contributed by atoms with Crippen LogP contribution in [0.1, 0.15) is 10.9 Å². The Morgan fingerprint density at radius 1 is 1.31 bits per heavy atom. The molecule has 0 saturated carbocycles. The zero-order valence-corrected chi connectivity index (χ0v) is 9.50. The normalized spacial score (nSPS) is 16.0. The summed E-state index contributed by atoms with van der Waals surface area (Å²) >= 11 is 1.67. The van der Waals surface area contributed by atoms with Crippen molar-refractivity contribution in [3.05, 3.63) is 34.7 Å². The van der Waals surface area contributed by atoms with E-state index in [1.54, 1.807) is 17.4 Å². The van der Waals surface area contributed by atoms with Gasteiger partial charge in [0, 0.05) is 30.0 Å². The number of nitrogens with zero attached hydrogens (tertiary/aromatic N) is 1.